The summed E-state index contributed by atoms with van der Waals surface area (Å²) in [5.41, 5.74) is 1.19. The topological polar surface area (TPSA) is 44.7 Å². The Morgan fingerprint density at radius 3 is 2.42 bits per heavy atom. The Balaban J connectivity index is 2.42. The number of ether oxygens (including phenoxy) is 1. The molecule has 0 radical (unpaired) electrons. The molecular formula is C15H26N2O2. The molecule has 1 aromatic carbocycles. The van der Waals surface area contributed by atoms with E-state index in [9.17, 15) is 5.11 Å². The molecule has 0 aromatic heterocycles. The third kappa shape index (κ3) is 6.05. The molecule has 19 heavy (non-hydrogen) atoms. The number of hydrogen-bond donors (Lipinski definition) is 2. The first-order valence-electron chi connectivity index (χ1n) is 6.81. The van der Waals surface area contributed by atoms with Gasteiger partial charge >= 0.3 is 0 Å². The van der Waals surface area contributed by atoms with Crippen molar-refractivity contribution in [3.63, 3.8) is 0 Å². The first kappa shape index (κ1) is 16.0. The number of hydrogen-bond acceptors (Lipinski definition) is 4. The summed E-state index contributed by atoms with van der Waals surface area (Å²) in [6.07, 6.45) is -0.347. The van der Waals surface area contributed by atoms with Gasteiger partial charge in [-0.25, -0.2) is 0 Å². The minimum Gasteiger partial charge on any atom is -0.494 e. The average molecular weight is 266 g/mol. The van der Waals surface area contributed by atoms with Gasteiger partial charge in [-0.15, -0.1) is 0 Å². The monoisotopic (exact) mass is 266 g/mol. The van der Waals surface area contributed by atoms with Crippen LogP contribution in [0.25, 0.3) is 0 Å². The Bertz CT molecular complexity index is 352. The molecule has 0 aliphatic carbocycles. The van der Waals surface area contributed by atoms with Crippen molar-refractivity contribution in [2.24, 2.45) is 0 Å². The zero-order chi connectivity index (χ0) is 14.3. The maximum absolute atomic E-state index is 9.81. The fraction of sp³-hybridized carbons (Fsp3) is 0.600. The number of aliphatic hydroxyl groups is 1. The summed E-state index contributed by atoms with van der Waals surface area (Å²) < 4.78 is 5.42. The van der Waals surface area contributed by atoms with E-state index < -0.39 is 0 Å². The summed E-state index contributed by atoms with van der Waals surface area (Å²) in [4.78, 5) is 1.98. The highest BCUT2D eigenvalue weighted by Gasteiger charge is 2.09. The van der Waals surface area contributed by atoms with Crippen LogP contribution < -0.4 is 10.1 Å². The second-order valence-electron chi connectivity index (χ2n) is 5.05. The number of rotatable bonds is 8. The molecule has 0 aliphatic rings. The van der Waals surface area contributed by atoms with E-state index in [1.54, 1.807) is 0 Å². The van der Waals surface area contributed by atoms with E-state index in [0.29, 0.717) is 19.7 Å². The molecule has 0 fully saturated rings. The van der Waals surface area contributed by atoms with Crippen molar-refractivity contribution in [2.75, 3.05) is 33.8 Å². The van der Waals surface area contributed by atoms with Crippen molar-refractivity contribution in [3.8, 4) is 5.75 Å². The van der Waals surface area contributed by atoms with Crippen LogP contribution in [-0.2, 0) is 0 Å². The van der Waals surface area contributed by atoms with Crippen molar-refractivity contribution >= 4 is 0 Å². The molecule has 2 unspecified atom stereocenters. The lowest BCUT2D eigenvalue weighted by Gasteiger charge is -2.20. The van der Waals surface area contributed by atoms with Crippen LogP contribution in [0.4, 0.5) is 0 Å². The molecule has 0 saturated heterocycles. The number of benzene rings is 1. The van der Waals surface area contributed by atoms with Gasteiger partial charge in [0.25, 0.3) is 0 Å². The molecule has 0 amide bonds. The van der Waals surface area contributed by atoms with Crippen LogP contribution in [0.2, 0.25) is 0 Å². The van der Waals surface area contributed by atoms with Crippen LogP contribution in [0.15, 0.2) is 24.3 Å². The number of nitrogens with one attached hydrogen (secondary N) is 1. The van der Waals surface area contributed by atoms with Crippen molar-refractivity contribution < 1.29 is 9.84 Å². The SMILES string of the molecule is CCOc1ccc(C(C)NCC(O)CN(C)C)cc1. The molecule has 2 N–H and O–H groups in total. The summed E-state index contributed by atoms with van der Waals surface area (Å²) in [6, 6.07) is 8.29. The Morgan fingerprint density at radius 2 is 1.89 bits per heavy atom. The molecule has 0 aliphatic heterocycles. The summed E-state index contributed by atoms with van der Waals surface area (Å²) >= 11 is 0. The molecule has 1 aromatic rings. The van der Waals surface area contributed by atoms with Crippen LogP contribution in [-0.4, -0.2) is 49.9 Å². The lowest BCUT2D eigenvalue weighted by atomic mass is 10.1. The molecule has 4 nitrogen and oxygen atoms in total. The first-order chi connectivity index (χ1) is 9.02. The third-order valence-electron chi connectivity index (χ3n) is 2.93. The number of aliphatic hydroxyl groups excluding tert-OH is 1. The molecule has 0 saturated carbocycles. The summed E-state index contributed by atoms with van der Waals surface area (Å²) in [6.45, 7) is 6.02. The maximum atomic E-state index is 9.81. The smallest absolute Gasteiger partial charge is 0.119 e. The minimum atomic E-state index is -0.347. The van der Waals surface area contributed by atoms with E-state index in [0.717, 1.165) is 5.75 Å². The second kappa shape index (κ2) is 8.15. The zero-order valence-electron chi connectivity index (χ0n) is 12.4. The largest absolute Gasteiger partial charge is 0.494 e. The van der Waals surface area contributed by atoms with Crippen molar-refractivity contribution in [2.45, 2.75) is 26.0 Å². The van der Waals surface area contributed by atoms with Crippen LogP contribution in [0, 0.1) is 0 Å². The predicted molar refractivity (Wildman–Crippen MR) is 78.6 cm³/mol. The summed E-state index contributed by atoms with van der Waals surface area (Å²) in [5.74, 6) is 0.895. The van der Waals surface area contributed by atoms with Gasteiger partial charge in [0.1, 0.15) is 5.75 Å². The van der Waals surface area contributed by atoms with E-state index >= 15 is 0 Å². The van der Waals surface area contributed by atoms with Crippen LogP contribution in [0.3, 0.4) is 0 Å². The van der Waals surface area contributed by atoms with Crippen molar-refractivity contribution in [1.29, 1.82) is 0 Å². The van der Waals surface area contributed by atoms with E-state index in [2.05, 4.69) is 24.4 Å². The highest BCUT2D eigenvalue weighted by molar-refractivity contribution is 5.28. The number of likely N-dealkylation sites (N-methyl/N-ethyl adjacent to an activating group) is 1. The van der Waals surface area contributed by atoms with Gasteiger partial charge in [-0.05, 0) is 45.6 Å². The molecule has 108 valence electrons. The van der Waals surface area contributed by atoms with Gasteiger partial charge in [0, 0.05) is 19.1 Å². The Kier molecular flexibility index (Phi) is 6.84. The van der Waals surface area contributed by atoms with Gasteiger partial charge < -0.3 is 20.1 Å². The third-order valence-corrected chi connectivity index (χ3v) is 2.93. The average Bonchev–Trinajstić information content (AvgIpc) is 2.36. The van der Waals surface area contributed by atoms with Gasteiger partial charge in [-0.1, -0.05) is 12.1 Å². The van der Waals surface area contributed by atoms with Gasteiger partial charge in [-0.2, -0.15) is 0 Å². The molecule has 0 bridgehead atoms. The van der Waals surface area contributed by atoms with E-state index in [1.165, 1.54) is 5.56 Å². The van der Waals surface area contributed by atoms with E-state index in [-0.39, 0.29) is 12.1 Å². The molecule has 4 heteroatoms. The maximum Gasteiger partial charge on any atom is 0.119 e. The minimum absolute atomic E-state index is 0.215. The van der Waals surface area contributed by atoms with Gasteiger partial charge in [0.15, 0.2) is 0 Å². The first-order valence-corrected chi connectivity index (χ1v) is 6.81. The van der Waals surface area contributed by atoms with Gasteiger partial charge in [0.2, 0.25) is 0 Å². The molecule has 2 atom stereocenters. The highest BCUT2D eigenvalue weighted by Crippen LogP contribution is 2.17. The standard InChI is InChI=1S/C15H26N2O2/c1-5-19-15-8-6-13(7-9-15)12(2)16-10-14(18)11-17(3)4/h6-9,12,14,16,18H,5,10-11H2,1-4H3. The van der Waals surface area contributed by atoms with Crippen molar-refractivity contribution in [3.05, 3.63) is 29.8 Å². The van der Waals surface area contributed by atoms with E-state index in [4.69, 9.17) is 4.74 Å². The summed E-state index contributed by atoms with van der Waals surface area (Å²) in [7, 11) is 3.91. The predicted octanol–water partition coefficient (Wildman–Crippen LogP) is 1.66. The van der Waals surface area contributed by atoms with Crippen molar-refractivity contribution in [1.82, 2.24) is 10.2 Å². The fourth-order valence-electron chi connectivity index (χ4n) is 1.94. The molecule has 1 rings (SSSR count). The normalized spacial score (nSPS) is 14.4. The lowest BCUT2D eigenvalue weighted by Crippen LogP contribution is -2.36. The highest BCUT2D eigenvalue weighted by atomic mass is 16.5. The van der Waals surface area contributed by atoms with Gasteiger partial charge in [-0.3, -0.25) is 0 Å². The Labute approximate surface area is 116 Å². The fourth-order valence-corrected chi connectivity index (χ4v) is 1.94. The van der Waals surface area contributed by atoms with Crippen LogP contribution >= 0.6 is 0 Å². The van der Waals surface area contributed by atoms with Crippen LogP contribution in [0.1, 0.15) is 25.5 Å². The lowest BCUT2D eigenvalue weighted by molar-refractivity contribution is 0.132. The summed E-state index contributed by atoms with van der Waals surface area (Å²) in [5, 5.41) is 13.1. The Hall–Kier alpha value is -1.10. The number of nitrogens with zero attached hydrogens (tertiary/aromatic N) is 1. The molecule has 0 heterocycles. The van der Waals surface area contributed by atoms with Gasteiger partial charge in [0.05, 0.1) is 12.7 Å². The zero-order valence-corrected chi connectivity index (χ0v) is 12.4. The Morgan fingerprint density at radius 1 is 1.26 bits per heavy atom. The second-order valence-corrected chi connectivity index (χ2v) is 5.05. The quantitative estimate of drug-likeness (QED) is 0.751. The molecular weight excluding hydrogens is 240 g/mol. The van der Waals surface area contributed by atoms with E-state index in [1.807, 2.05) is 38.1 Å². The van der Waals surface area contributed by atoms with Crippen LogP contribution in [0.5, 0.6) is 5.75 Å². The molecule has 0 spiro atoms.